The summed E-state index contributed by atoms with van der Waals surface area (Å²) in [4.78, 5) is 40.8. The average molecular weight is 296 g/mol. The molecule has 3 rings (SSSR count). The molecule has 0 bridgehead atoms. The van der Waals surface area contributed by atoms with Crippen molar-refractivity contribution in [2.75, 3.05) is 6.61 Å². The van der Waals surface area contributed by atoms with E-state index in [0.717, 1.165) is 10.9 Å². The Kier molecular flexibility index (Phi) is 3.57. The molecular formula is C16H12N2O4. The van der Waals surface area contributed by atoms with E-state index < -0.39 is 18.1 Å². The maximum absolute atomic E-state index is 12.2. The first-order valence-electron chi connectivity index (χ1n) is 6.61. The minimum atomic E-state index is -0.824. The highest BCUT2D eigenvalue weighted by atomic mass is 16.5. The zero-order valence-corrected chi connectivity index (χ0v) is 11.5. The third-order valence-electron chi connectivity index (χ3n) is 3.26. The van der Waals surface area contributed by atoms with Crippen LogP contribution in [0, 0.1) is 0 Å². The lowest BCUT2D eigenvalue weighted by molar-refractivity contribution is 0.0473. The Morgan fingerprint density at radius 1 is 1.00 bits per heavy atom. The molecule has 2 N–H and O–H groups in total. The number of ketones is 1. The minimum Gasteiger partial charge on any atom is -0.454 e. The number of H-pyrrole nitrogens is 2. The molecule has 0 fully saturated rings. The molecule has 0 amide bonds. The highest BCUT2D eigenvalue weighted by Crippen LogP contribution is 2.18. The number of rotatable bonds is 4. The first-order valence-corrected chi connectivity index (χ1v) is 6.61. The van der Waals surface area contributed by atoms with E-state index in [1.807, 2.05) is 24.3 Å². The summed E-state index contributed by atoms with van der Waals surface area (Å²) in [7, 11) is 0. The van der Waals surface area contributed by atoms with Gasteiger partial charge in [-0.15, -0.1) is 0 Å². The van der Waals surface area contributed by atoms with Crippen molar-refractivity contribution in [3.63, 3.8) is 0 Å². The van der Waals surface area contributed by atoms with Gasteiger partial charge in [-0.1, -0.05) is 18.2 Å². The molecule has 6 heteroatoms. The summed E-state index contributed by atoms with van der Waals surface area (Å²) in [6, 6.07) is 10.2. The molecule has 0 aliphatic heterocycles. The molecule has 6 nitrogen and oxygen atoms in total. The summed E-state index contributed by atoms with van der Waals surface area (Å²) in [5.41, 5.74) is 0.600. The van der Waals surface area contributed by atoms with E-state index in [2.05, 4.69) is 9.97 Å². The smallest absolute Gasteiger partial charge is 0.344 e. The van der Waals surface area contributed by atoms with Crippen LogP contribution < -0.4 is 5.56 Å². The van der Waals surface area contributed by atoms with Gasteiger partial charge in [-0.05, 0) is 18.2 Å². The Balaban J connectivity index is 1.74. The molecule has 0 saturated heterocycles. The Morgan fingerprint density at radius 2 is 1.82 bits per heavy atom. The monoisotopic (exact) mass is 296 g/mol. The van der Waals surface area contributed by atoms with Gasteiger partial charge in [0, 0.05) is 28.9 Å². The highest BCUT2D eigenvalue weighted by Gasteiger charge is 2.16. The van der Waals surface area contributed by atoms with Crippen LogP contribution in [0.2, 0.25) is 0 Å². The molecule has 0 unspecified atom stereocenters. The molecule has 0 saturated carbocycles. The van der Waals surface area contributed by atoms with Crippen molar-refractivity contribution in [2.45, 2.75) is 0 Å². The van der Waals surface area contributed by atoms with Crippen LogP contribution in [-0.4, -0.2) is 28.3 Å². The van der Waals surface area contributed by atoms with Crippen molar-refractivity contribution in [1.29, 1.82) is 0 Å². The third kappa shape index (κ3) is 2.54. The van der Waals surface area contributed by atoms with Crippen LogP contribution in [0.25, 0.3) is 10.9 Å². The number of esters is 1. The topological polar surface area (TPSA) is 92.0 Å². The number of nitrogens with one attached hydrogen (secondary N) is 2. The number of hydrogen-bond acceptors (Lipinski definition) is 4. The number of aromatic nitrogens is 2. The van der Waals surface area contributed by atoms with Crippen molar-refractivity contribution in [1.82, 2.24) is 9.97 Å². The lowest BCUT2D eigenvalue weighted by atomic mass is 10.1. The van der Waals surface area contributed by atoms with Crippen molar-refractivity contribution in [3.8, 4) is 0 Å². The van der Waals surface area contributed by atoms with Crippen LogP contribution >= 0.6 is 0 Å². The second-order valence-electron chi connectivity index (χ2n) is 4.66. The van der Waals surface area contributed by atoms with E-state index in [-0.39, 0.29) is 11.3 Å². The molecule has 0 aliphatic carbocycles. The standard InChI is InChI=1S/C16H12N2O4/c19-14(12-8-18-13-6-2-1-4-10(12)13)9-22-16(21)11-5-3-7-17-15(11)20/h1-8,18H,9H2,(H,17,20). The number of carbonyl (C=O) groups excluding carboxylic acids is 2. The number of aromatic amines is 2. The molecule has 2 aromatic heterocycles. The van der Waals surface area contributed by atoms with Gasteiger partial charge in [-0.25, -0.2) is 4.79 Å². The molecule has 110 valence electrons. The Morgan fingerprint density at radius 3 is 2.64 bits per heavy atom. The minimum absolute atomic E-state index is 0.130. The fourth-order valence-corrected chi connectivity index (χ4v) is 2.17. The molecule has 0 atom stereocenters. The number of ether oxygens (including phenoxy) is 1. The van der Waals surface area contributed by atoms with E-state index in [1.54, 1.807) is 6.20 Å². The van der Waals surface area contributed by atoms with Crippen molar-refractivity contribution < 1.29 is 14.3 Å². The fourth-order valence-electron chi connectivity index (χ4n) is 2.17. The molecular weight excluding hydrogens is 284 g/mol. The molecule has 0 spiro atoms. The lowest BCUT2D eigenvalue weighted by Gasteiger charge is -2.03. The number of hydrogen-bond donors (Lipinski definition) is 2. The van der Waals surface area contributed by atoms with Crippen molar-refractivity contribution >= 4 is 22.7 Å². The predicted molar refractivity (Wildman–Crippen MR) is 80.0 cm³/mol. The van der Waals surface area contributed by atoms with Gasteiger partial charge in [0.2, 0.25) is 5.78 Å². The van der Waals surface area contributed by atoms with Crippen LogP contribution in [0.5, 0.6) is 0 Å². The molecule has 0 radical (unpaired) electrons. The van der Waals surface area contributed by atoms with Gasteiger partial charge in [0.1, 0.15) is 5.56 Å². The second-order valence-corrected chi connectivity index (χ2v) is 4.66. The molecule has 0 aliphatic rings. The number of Topliss-reactive ketones (excluding diaryl/α,β-unsaturated/α-hetero) is 1. The van der Waals surface area contributed by atoms with Crippen LogP contribution in [0.4, 0.5) is 0 Å². The van der Waals surface area contributed by atoms with Gasteiger partial charge in [0.25, 0.3) is 5.56 Å². The Bertz CT molecular complexity index is 907. The quantitative estimate of drug-likeness (QED) is 0.568. The van der Waals surface area contributed by atoms with E-state index in [4.69, 9.17) is 4.74 Å². The van der Waals surface area contributed by atoms with E-state index >= 15 is 0 Å². The largest absolute Gasteiger partial charge is 0.454 e. The summed E-state index contributed by atoms with van der Waals surface area (Å²) in [6.07, 6.45) is 2.99. The number of fused-ring (bicyclic) bond motifs is 1. The summed E-state index contributed by atoms with van der Waals surface area (Å²) < 4.78 is 4.92. The molecule has 22 heavy (non-hydrogen) atoms. The van der Waals surface area contributed by atoms with Gasteiger partial charge >= 0.3 is 5.97 Å². The predicted octanol–water partition coefficient (Wildman–Crippen LogP) is 1.90. The Hall–Kier alpha value is -3.15. The first kappa shape index (κ1) is 13.8. The summed E-state index contributed by atoms with van der Waals surface area (Å²) in [6.45, 7) is -0.422. The van der Waals surface area contributed by atoms with Gasteiger partial charge < -0.3 is 14.7 Å². The van der Waals surface area contributed by atoms with E-state index in [9.17, 15) is 14.4 Å². The van der Waals surface area contributed by atoms with Gasteiger partial charge in [-0.2, -0.15) is 0 Å². The van der Waals surface area contributed by atoms with Gasteiger partial charge in [-0.3, -0.25) is 9.59 Å². The number of carbonyl (C=O) groups is 2. The summed E-state index contributed by atoms with van der Waals surface area (Å²) in [5.74, 6) is -1.16. The maximum Gasteiger partial charge on any atom is 0.344 e. The van der Waals surface area contributed by atoms with Crippen LogP contribution in [0.15, 0.2) is 53.6 Å². The zero-order chi connectivity index (χ0) is 15.5. The van der Waals surface area contributed by atoms with Crippen molar-refractivity contribution in [3.05, 3.63) is 70.3 Å². The van der Waals surface area contributed by atoms with E-state index in [0.29, 0.717) is 5.56 Å². The normalized spacial score (nSPS) is 10.5. The number of para-hydroxylation sites is 1. The lowest BCUT2D eigenvalue weighted by Crippen LogP contribution is -2.21. The maximum atomic E-state index is 12.2. The molecule has 3 aromatic rings. The van der Waals surface area contributed by atoms with Crippen LogP contribution in [0.1, 0.15) is 20.7 Å². The number of pyridine rings is 1. The SMILES string of the molecule is O=C(OCC(=O)c1c[nH]c2ccccc12)c1ccc[nH]c1=O. The van der Waals surface area contributed by atoms with Crippen LogP contribution in [-0.2, 0) is 4.74 Å². The second kappa shape index (κ2) is 5.69. The van der Waals surface area contributed by atoms with Crippen molar-refractivity contribution in [2.24, 2.45) is 0 Å². The van der Waals surface area contributed by atoms with Crippen LogP contribution in [0.3, 0.4) is 0 Å². The highest BCUT2D eigenvalue weighted by molar-refractivity contribution is 6.09. The third-order valence-corrected chi connectivity index (χ3v) is 3.26. The summed E-state index contributed by atoms with van der Waals surface area (Å²) in [5, 5.41) is 0.765. The molecule has 1 aromatic carbocycles. The van der Waals surface area contributed by atoms with Gasteiger partial charge in [0.05, 0.1) is 0 Å². The van der Waals surface area contributed by atoms with E-state index in [1.165, 1.54) is 18.3 Å². The summed E-state index contributed by atoms with van der Waals surface area (Å²) >= 11 is 0. The average Bonchev–Trinajstić information content (AvgIpc) is 2.97. The fraction of sp³-hybridized carbons (Fsp3) is 0.0625. The zero-order valence-electron chi connectivity index (χ0n) is 11.5. The number of benzene rings is 1. The Labute approximate surface area is 124 Å². The first-order chi connectivity index (χ1) is 10.7. The van der Waals surface area contributed by atoms with Gasteiger partial charge in [0.15, 0.2) is 6.61 Å². The molecule has 2 heterocycles.